The van der Waals surface area contributed by atoms with Crippen LogP contribution in [0.25, 0.3) is 0 Å². The number of amides is 1. The molecule has 1 amide bonds. The minimum absolute atomic E-state index is 0.00791. The van der Waals surface area contributed by atoms with E-state index in [1.165, 1.54) is 10.6 Å². The van der Waals surface area contributed by atoms with Gasteiger partial charge in [-0.2, -0.15) is 21.6 Å². The molecule has 0 spiro atoms. The predicted molar refractivity (Wildman–Crippen MR) is 123 cm³/mol. The molecule has 0 aromatic heterocycles. The van der Waals surface area contributed by atoms with E-state index in [9.17, 15) is 26.4 Å². The molecule has 176 valence electrons. The average molecular weight is 489 g/mol. The molecule has 10 heteroatoms. The van der Waals surface area contributed by atoms with Crippen LogP contribution in [0, 0.1) is 5.92 Å². The zero-order valence-electron chi connectivity index (χ0n) is 18.0. The summed E-state index contributed by atoms with van der Waals surface area (Å²) in [5.74, 6) is -0.832. The number of hydrogen-bond acceptors (Lipinski definition) is 4. The number of nitrogens with one attached hydrogen (secondary N) is 2. The fourth-order valence-corrected chi connectivity index (χ4v) is 6.26. The van der Waals surface area contributed by atoms with Crippen molar-refractivity contribution >= 4 is 34.5 Å². The van der Waals surface area contributed by atoms with E-state index in [-0.39, 0.29) is 19.0 Å². The van der Waals surface area contributed by atoms with Gasteiger partial charge >= 0.3 is 15.5 Å². The highest BCUT2D eigenvalue weighted by atomic mass is 32.2. The Morgan fingerprint density at radius 2 is 1.47 bits per heavy atom. The molecular formula is C22H28F3N2O3PS. The second kappa shape index (κ2) is 11.8. The summed E-state index contributed by atoms with van der Waals surface area (Å²) < 4.78 is 60.6. The van der Waals surface area contributed by atoms with Crippen LogP contribution >= 0.6 is 7.92 Å². The lowest BCUT2D eigenvalue weighted by molar-refractivity contribution is -0.119. The molecule has 2 rings (SSSR count). The van der Waals surface area contributed by atoms with E-state index >= 15 is 0 Å². The highest BCUT2D eigenvalue weighted by Gasteiger charge is 2.46. The van der Waals surface area contributed by atoms with Gasteiger partial charge in [-0.25, -0.2) is 4.72 Å². The highest BCUT2D eigenvalue weighted by Crippen LogP contribution is 2.35. The lowest BCUT2D eigenvalue weighted by atomic mass is 10.1. The Labute approximate surface area is 188 Å². The van der Waals surface area contributed by atoms with Crippen molar-refractivity contribution in [1.29, 1.82) is 0 Å². The van der Waals surface area contributed by atoms with Crippen LogP contribution in [0.2, 0.25) is 0 Å². The SMILES string of the molecule is CC(C)C[C@@H](CP(c1ccccc1)c1ccccc1)NCCC(=O)NS(=O)(=O)C(F)(F)F. The second-order valence-electron chi connectivity index (χ2n) is 7.79. The van der Waals surface area contributed by atoms with Gasteiger partial charge in [-0.3, -0.25) is 4.79 Å². The molecule has 0 saturated carbocycles. The standard InChI is InChI=1S/C22H28F3N2O3PS/c1-17(2)15-18(26-14-13-21(28)27-32(29,30)22(23,24)25)16-31(19-9-5-3-6-10-19)20-11-7-4-8-12-20/h3-12,17-18,26H,13-16H2,1-2H3,(H,27,28)/t18-/m0/s1. The molecule has 32 heavy (non-hydrogen) atoms. The lowest BCUT2D eigenvalue weighted by Gasteiger charge is -2.27. The van der Waals surface area contributed by atoms with Gasteiger partial charge in [-0.15, -0.1) is 0 Å². The molecule has 2 aromatic rings. The Bertz CT molecular complexity index is 916. The number of rotatable bonds is 11. The molecule has 0 radical (unpaired) electrons. The summed E-state index contributed by atoms with van der Waals surface area (Å²) in [6, 6.07) is 20.2. The Kier molecular flexibility index (Phi) is 9.67. The monoisotopic (exact) mass is 488 g/mol. The molecule has 0 fully saturated rings. The van der Waals surface area contributed by atoms with E-state index in [1.807, 2.05) is 36.4 Å². The number of sulfonamides is 1. The predicted octanol–water partition coefficient (Wildman–Crippen LogP) is 3.48. The van der Waals surface area contributed by atoms with Crippen molar-refractivity contribution in [3.8, 4) is 0 Å². The van der Waals surface area contributed by atoms with Gasteiger partial charge in [0.05, 0.1) is 0 Å². The van der Waals surface area contributed by atoms with Gasteiger partial charge < -0.3 is 5.32 Å². The summed E-state index contributed by atoms with van der Waals surface area (Å²) in [5.41, 5.74) is -5.52. The molecule has 0 aliphatic heterocycles. The maximum atomic E-state index is 12.4. The van der Waals surface area contributed by atoms with E-state index in [0.29, 0.717) is 5.92 Å². The van der Waals surface area contributed by atoms with Crippen LogP contribution in [0.15, 0.2) is 60.7 Å². The highest BCUT2D eigenvalue weighted by molar-refractivity contribution is 7.90. The van der Waals surface area contributed by atoms with Crippen LogP contribution in [-0.2, 0) is 14.8 Å². The van der Waals surface area contributed by atoms with Crippen molar-refractivity contribution in [2.75, 3.05) is 12.7 Å². The van der Waals surface area contributed by atoms with Gasteiger partial charge in [-0.1, -0.05) is 74.5 Å². The normalized spacial score (nSPS) is 13.3. The zero-order chi connectivity index (χ0) is 23.8. The van der Waals surface area contributed by atoms with Gasteiger partial charge in [0.15, 0.2) is 0 Å². The number of hydrogen-bond donors (Lipinski definition) is 2. The smallest absolute Gasteiger partial charge is 0.313 e. The Morgan fingerprint density at radius 3 is 1.91 bits per heavy atom. The van der Waals surface area contributed by atoms with Crippen LogP contribution in [0.5, 0.6) is 0 Å². The molecule has 0 bridgehead atoms. The van der Waals surface area contributed by atoms with E-state index < -0.39 is 29.4 Å². The fraction of sp³-hybridized carbons (Fsp3) is 0.409. The Morgan fingerprint density at radius 1 is 0.969 bits per heavy atom. The summed E-state index contributed by atoms with van der Waals surface area (Å²) in [6.07, 6.45) is 1.21. The summed E-state index contributed by atoms with van der Waals surface area (Å²) >= 11 is 0. The quantitative estimate of drug-likeness (QED) is 0.475. The van der Waals surface area contributed by atoms with Crippen LogP contribution < -0.4 is 20.6 Å². The third-order valence-electron chi connectivity index (χ3n) is 4.63. The van der Waals surface area contributed by atoms with Crippen molar-refractivity contribution in [3.63, 3.8) is 0 Å². The van der Waals surface area contributed by atoms with Gasteiger partial charge in [0.1, 0.15) is 0 Å². The lowest BCUT2D eigenvalue weighted by Crippen LogP contribution is -2.42. The first kappa shape index (κ1) is 26.3. The fourth-order valence-electron chi connectivity index (χ4n) is 3.24. The van der Waals surface area contributed by atoms with Crippen LogP contribution in [-0.4, -0.2) is 38.6 Å². The first-order valence-corrected chi connectivity index (χ1v) is 13.2. The van der Waals surface area contributed by atoms with Crippen LogP contribution in [0.3, 0.4) is 0 Å². The molecule has 2 aromatic carbocycles. The Hall–Kier alpha value is -1.96. The molecule has 0 aliphatic rings. The number of alkyl halides is 3. The van der Waals surface area contributed by atoms with Crippen molar-refractivity contribution in [2.24, 2.45) is 5.92 Å². The van der Waals surface area contributed by atoms with Crippen LogP contribution in [0.4, 0.5) is 13.2 Å². The summed E-state index contributed by atoms with van der Waals surface area (Å²) in [5, 5.41) is 5.67. The van der Waals surface area contributed by atoms with E-state index in [1.54, 1.807) is 0 Å². The molecule has 0 unspecified atom stereocenters. The first-order chi connectivity index (χ1) is 15.0. The molecule has 5 nitrogen and oxygen atoms in total. The molecule has 0 aliphatic carbocycles. The largest absolute Gasteiger partial charge is 0.516 e. The minimum atomic E-state index is -5.68. The second-order valence-corrected chi connectivity index (χ2v) is 11.7. The van der Waals surface area contributed by atoms with Crippen molar-refractivity contribution in [3.05, 3.63) is 60.7 Å². The molecule has 2 N–H and O–H groups in total. The molecular weight excluding hydrogens is 460 g/mol. The van der Waals surface area contributed by atoms with Crippen molar-refractivity contribution < 1.29 is 26.4 Å². The molecule has 1 atom stereocenters. The minimum Gasteiger partial charge on any atom is -0.313 e. The van der Waals surface area contributed by atoms with E-state index in [0.717, 1.165) is 17.3 Å². The van der Waals surface area contributed by atoms with Gasteiger partial charge in [-0.05, 0) is 37.0 Å². The number of benzene rings is 2. The molecule has 0 saturated heterocycles. The van der Waals surface area contributed by atoms with Crippen molar-refractivity contribution in [1.82, 2.24) is 10.0 Å². The number of carbonyl (C=O) groups excluding carboxylic acids is 1. The maximum absolute atomic E-state index is 12.4. The first-order valence-electron chi connectivity index (χ1n) is 10.2. The molecule has 0 heterocycles. The number of halogens is 3. The zero-order valence-corrected chi connectivity index (χ0v) is 19.7. The van der Waals surface area contributed by atoms with Crippen LogP contribution in [0.1, 0.15) is 26.7 Å². The van der Waals surface area contributed by atoms with Gasteiger partial charge in [0.2, 0.25) is 5.91 Å². The van der Waals surface area contributed by atoms with E-state index in [4.69, 9.17) is 0 Å². The van der Waals surface area contributed by atoms with E-state index in [2.05, 4.69) is 43.4 Å². The van der Waals surface area contributed by atoms with Gasteiger partial charge in [0.25, 0.3) is 0 Å². The third-order valence-corrected chi connectivity index (χ3v) is 8.39. The summed E-state index contributed by atoms with van der Waals surface area (Å²) in [6.45, 7) is 4.22. The Balaban J connectivity index is 2.07. The maximum Gasteiger partial charge on any atom is 0.516 e. The summed E-state index contributed by atoms with van der Waals surface area (Å²) in [4.78, 5) is 11.7. The average Bonchev–Trinajstić information content (AvgIpc) is 2.71. The topological polar surface area (TPSA) is 75.3 Å². The summed E-state index contributed by atoms with van der Waals surface area (Å²) in [7, 11) is -6.38. The number of carbonyl (C=O) groups is 1. The third kappa shape index (κ3) is 8.19. The van der Waals surface area contributed by atoms with Gasteiger partial charge in [0, 0.05) is 19.0 Å². The van der Waals surface area contributed by atoms with Crippen molar-refractivity contribution in [2.45, 2.75) is 38.2 Å².